The molecule has 0 bridgehead atoms. The predicted molar refractivity (Wildman–Crippen MR) is 84.6 cm³/mol. The molecule has 0 aromatic carbocycles. The second-order valence-corrected chi connectivity index (χ2v) is 5.76. The number of carbonyl (C=O) groups excluding carboxylic acids is 1. The minimum absolute atomic E-state index is 0.0135. The number of ether oxygens (including phenoxy) is 2. The van der Waals surface area contributed by atoms with Crippen molar-refractivity contribution in [1.29, 1.82) is 0 Å². The summed E-state index contributed by atoms with van der Waals surface area (Å²) >= 11 is 0. The molecule has 0 aliphatic carbocycles. The molecule has 1 amide bonds. The van der Waals surface area contributed by atoms with E-state index >= 15 is 0 Å². The smallest absolute Gasteiger partial charge is 0.410 e. The Balaban J connectivity index is 1.51. The number of hydrogen-bond acceptors (Lipinski definition) is 7. The average Bonchev–Trinajstić information content (AvgIpc) is 3.15. The van der Waals surface area contributed by atoms with E-state index in [1.807, 2.05) is 18.2 Å². The van der Waals surface area contributed by atoms with Crippen molar-refractivity contribution >= 4 is 11.9 Å². The van der Waals surface area contributed by atoms with E-state index in [1.165, 1.54) is 6.33 Å². The van der Waals surface area contributed by atoms with Crippen LogP contribution in [0, 0.1) is 0 Å². The molecule has 2 aromatic heterocycles. The van der Waals surface area contributed by atoms with Crippen molar-refractivity contribution in [3.05, 3.63) is 42.5 Å². The quantitative estimate of drug-likeness (QED) is 0.831. The van der Waals surface area contributed by atoms with Gasteiger partial charge in [0, 0.05) is 18.8 Å². The molecule has 4 heterocycles. The zero-order valence-corrected chi connectivity index (χ0v) is 13.2. The molecule has 2 fully saturated rings. The van der Waals surface area contributed by atoms with Crippen LogP contribution in [0.3, 0.4) is 0 Å². The van der Waals surface area contributed by atoms with Gasteiger partial charge in [0.05, 0.1) is 31.9 Å². The molecule has 8 nitrogen and oxygen atoms in total. The normalized spacial score (nSPS) is 22.5. The standard InChI is InChI=1S/C16H17N5O3/c1-23-15-6-14(18-10-19-15)20-8-12-13(9-20)24-16(22)21(12)7-11-4-2-3-5-17-11/h2-6,10,12-13H,7-9H2,1H3. The Morgan fingerprint density at radius 1 is 1.29 bits per heavy atom. The molecule has 2 aromatic rings. The molecule has 2 aliphatic heterocycles. The monoisotopic (exact) mass is 327 g/mol. The van der Waals surface area contributed by atoms with Gasteiger partial charge in [-0.3, -0.25) is 9.88 Å². The number of rotatable bonds is 4. The number of pyridine rings is 1. The van der Waals surface area contributed by atoms with E-state index in [-0.39, 0.29) is 18.2 Å². The molecule has 0 saturated carbocycles. The van der Waals surface area contributed by atoms with Crippen LogP contribution in [0.1, 0.15) is 5.69 Å². The zero-order valence-electron chi connectivity index (χ0n) is 13.2. The van der Waals surface area contributed by atoms with Gasteiger partial charge in [0.2, 0.25) is 5.88 Å². The highest BCUT2D eigenvalue weighted by Crippen LogP contribution is 2.31. The zero-order chi connectivity index (χ0) is 16.5. The lowest BCUT2D eigenvalue weighted by Gasteiger charge is -2.22. The van der Waals surface area contributed by atoms with Gasteiger partial charge in [0.1, 0.15) is 18.2 Å². The van der Waals surface area contributed by atoms with Crippen molar-refractivity contribution in [3.63, 3.8) is 0 Å². The largest absolute Gasteiger partial charge is 0.481 e. The second kappa shape index (κ2) is 5.95. The molecule has 0 N–H and O–H groups in total. The van der Waals surface area contributed by atoms with E-state index in [4.69, 9.17) is 9.47 Å². The first-order valence-electron chi connectivity index (χ1n) is 7.73. The van der Waals surface area contributed by atoms with Crippen LogP contribution in [0.2, 0.25) is 0 Å². The first kappa shape index (κ1) is 14.7. The summed E-state index contributed by atoms with van der Waals surface area (Å²) in [7, 11) is 1.57. The van der Waals surface area contributed by atoms with Crippen LogP contribution in [0.5, 0.6) is 5.88 Å². The van der Waals surface area contributed by atoms with Gasteiger partial charge in [-0.25, -0.2) is 14.8 Å². The Bertz CT molecular complexity index is 742. The lowest BCUT2D eigenvalue weighted by molar-refractivity contribution is 0.135. The van der Waals surface area contributed by atoms with Gasteiger partial charge < -0.3 is 14.4 Å². The number of methoxy groups -OCH3 is 1. The highest BCUT2D eigenvalue weighted by molar-refractivity contribution is 5.71. The fourth-order valence-electron chi connectivity index (χ4n) is 3.15. The van der Waals surface area contributed by atoms with Crippen LogP contribution in [-0.2, 0) is 11.3 Å². The molecule has 2 unspecified atom stereocenters. The Morgan fingerprint density at radius 2 is 2.21 bits per heavy atom. The fraction of sp³-hybridized carbons (Fsp3) is 0.375. The van der Waals surface area contributed by atoms with E-state index in [0.29, 0.717) is 25.5 Å². The third kappa shape index (κ3) is 2.60. The molecule has 124 valence electrons. The van der Waals surface area contributed by atoms with Gasteiger partial charge in [-0.05, 0) is 12.1 Å². The number of hydrogen-bond donors (Lipinski definition) is 0. The molecule has 2 saturated heterocycles. The summed E-state index contributed by atoms with van der Waals surface area (Å²) in [5, 5.41) is 0. The topological polar surface area (TPSA) is 80.7 Å². The van der Waals surface area contributed by atoms with Gasteiger partial charge in [-0.2, -0.15) is 0 Å². The molecule has 0 radical (unpaired) electrons. The van der Waals surface area contributed by atoms with Crippen molar-refractivity contribution in [1.82, 2.24) is 19.9 Å². The summed E-state index contributed by atoms with van der Waals surface area (Å²) in [5.74, 6) is 1.28. The van der Waals surface area contributed by atoms with E-state index in [1.54, 1.807) is 24.3 Å². The summed E-state index contributed by atoms with van der Waals surface area (Å²) in [6.07, 6.45) is 2.75. The van der Waals surface area contributed by atoms with Crippen LogP contribution in [-0.4, -0.2) is 58.3 Å². The minimum atomic E-state index is -0.282. The predicted octanol–water partition coefficient (Wildman–Crippen LogP) is 1.09. The third-order valence-corrected chi connectivity index (χ3v) is 4.34. The number of nitrogens with zero attached hydrogens (tertiary/aromatic N) is 5. The Kier molecular flexibility index (Phi) is 3.64. The Labute approximate surface area is 139 Å². The summed E-state index contributed by atoms with van der Waals surface area (Å²) in [6.45, 7) is 1.71. The Morgan fingerprint density at radius 3 is 3.00 bits per heavy atom. The van der Waals surface area contributed by atoms with Crippen LogP contribution in [0.4, 0.5) is 10.6 Å². The first-order valence-corrected chi connectivity index (χ1v) is 7.73. The van der Waals surface area contributed by atoms with Gasteiger partial charge in [0.25, 0.3) is 0 Å². The number of amides is 1. The lowest BCUT2D eigenvalue weighted by Crippen LogP contribution is -2.37. The van der Waals surface area contributed by atoms with Crippen LogP contribution >= 0.6 is 0 Å². The minimum Gasteiger partial charge on any atom is -0.481 e. The third-order valence-electron chi connectivity index (χ3n) is 4.34. The number of anilines is 1. The lowest BCUT2D eigenvalue weighted by atomic mass is 10.2. The SMILES string of the molecule is COc1cc(N2CC3OC(=O)N(Cc4ccccn4)C3C2)ncn1. The second-order valence-electron chi connectivity index (χ2n) is 5.76. The highest BCUT2D eigenvalue weighted by atomic mass is 16.6. The molecular weight excluding hydrogens is 310 g/mol. The number of fused-ring (bicyclic) bond motifs is 1. The summed E-state index contributed by atoms with van der Waals surface area (Å²) < 4.78 is 10.7. The summed E-state index contributed by atoms with van der Waals surface area (Å²) in [5.41, 5.74) is 0.845. The van der Waals surface area contributed by atoms with Crippen LogP contribution in [0.15, 0.2) is 36.8 Å². The summed E-state index contributed by atoms with van der Waals surface area (Å²) in [4.78, 5) is 28.6. The maximum Gasteiger partial charge on any atom is 0.410 e. The van der Waals surface area contributed by atoms with Gasteiger partial charge in [-0.1, -0.05) is 6.07 Å². The number of aromatic nitrogens is 3. The molecule has 0 spiro atoms. The van der Waals surface area contributed by atoms with Gasteiger partial charge in [-0.15, -0.1) is 0 Å². The van der Waals surface area contributed by atoms with E-state index in [2.05, 4.69) is 19.9 Å². The van der Waals surface area contributed by atoms with E-state index < -0.39 is 0 Å². The van der Waals surface area contributed by atoms with Crippen molar-refractivity contribution in [3.8, 4) is 5.88 Å². The van der Waals surface area contributed by atoms with E-state index in [0.717, 1.165) is 11.5 Å². The molecule has 24 heavy (non-hydrogen) atoms. The van der Waals surface area contributed by atoms with Crippen molar-refractivity contribution in [2.45, 2.75) is 18.7 Å². The van der Waals surface area contributed by atoms with Crippen molar-refractivity contribution < 1.29 is 14.3 Å². The molecule has 2 atom stereocenters. The van der Waals surface area contributed by atoms with Crippen molar-refractivity contribution in [2.75, 3.05) is 25.1 Å². The fourth-order valence-corrected chi connectivity index (χ4v) is 3.15. The van der Waals surface area contributed by atoms with Crippen LogP contribution < -0.4 is 9.64 Å². The average molecular weight is 327 g/mol. The molecular formula is C16H17N5O3. The van der Waals surface area contributed by atoms with Crippen molar-refractivity contribution in [2.24, 2.45) is 0 Å². The molecule has 8 heteroatoms. The highest BCUT2D eigenvalue weighted by Gasteiger charge is 2.48. The molecule has 2 aliphatic rings. The van der Waals surface area contributed by atoms with Gasteiger partial charge in [0.15, 0.2) is 0 Å². The first-order chi connectivity index (χ1) is 11.7. The molecule has 4 rings (SSSR count). The van der Waals surface area contributed by atoms with E-state index in [9.17, 15) is 4.79 Å². The van der Waals surface area contributed by atoms with Gasteiger partial charge >= 0.3 is 6.09 Å². The maximum atomic E-state index is 12.1. The van der Waals surface area contributed by atoms with Crippen LogP contribution in [0.25, 0.3) is 0 Å². The summed E-state index contributed by atoms with van der Waals surface area (Å²) in [6, 6.07) is 7.44. The number of carbonyl (C=O) groups is 1. The maximum absolute atomic E-state index is 12.1. The Hall–Kier alpha value is -2.90.